The van der Waals surface area contributed by atoms with Crippen LogP contribution in [0.15, 0.2) is 57.5 Å². The van der Waals surface area contributed by atoms with E-state index >= 15 is 0 Å². The van der Waals surface area contributed by atoms with Gasteiger partial charge < -0.3 is 10.2 Å². The van der Waals surface area contributed by atoms with Gasteiger partial charge in [0.15, 0.2) is 11.6 Å². The summed E-state index contributed by atoms with van der Waals surface area (Å²) in [6, 6.07) is 9.72. The second-order valence-corrected chi connectivity index (χ2v) is 8.15. The third-order valence-corrected chi connectivity index (χ3v) is 5.30. The molecule has 4 nitrogen and oxygen atoms in total. The minimum atomic E-state index is -1.21. The number of aromatic hydroxyl groups is 2. The van der Waals surface area contributed by atoms with Gasteiger partial charge >= 0.3 is 0 Å². The van der Waals surface area contributed by atoms with Crippen LogP contribution in [0.4, 0.5) is 0 Å². The molecule has 0 aliphatic rings. The molecule has 140 valence electrons. The second kappa shape index (κ2) is 8.67. The molecular weight excluding hydrogens is 476 g/mol. The highest BCUT2D eigenvalue weighted by Gasteiger charge is 2.32. The summed E-state index contributed by atoms with van der Waals surface area (Å²) >= 11 is 6.43. The van der Waals surface area contributed by atoms with E-state index in [1.807, 2.05) is 0 Å². The number of allylic oxidation sites excluding steroid dienone is 2. The summed E-state index contributed by atoms with van der Waals surface area (Å²) in [5.41, 5.74) is 0.233. The second-order valence-electron chi connectivity index (χ2n) is 6.44. The summed E-state index contributed by atoms with van der Waals surface area (Å²) in [5, 5.41) is 19.0. The van der Waals surface area contributed by atoms with E-state index in [2.05, 4.69) is 31.9 Å². The molecule has 0 saturated heterocycles. The largest absolute Gasteiger partial charge is 0.507 e. The van der Waals surface area contributed by atoms with Crippen LogP contribution < -0.4 is 0 Å². The average Bonchev–Trinajstić information content (AvgIpc) is 2.62. The van der Waals surface area contributed by atoms with Gasteiger partial charge in [0, 0.05) is 0 Å². The Morgan fingerprint density at radius 1 is 0.815 bits per heavy atom. The Hall–Kier alpha value is -2.18. The number of ketones is 2. The van der Waals surface area contributed by atoms with E-state index in [0.717, 1.165) is 11.1 Å². The van der Waals surface area contributed by atoms with Crippen molar-refractivity contribution in [3.63, 3.8) is 0 Å². The summed E-state index contributed by atoms with van der Waals surface area (Å²) in [4.78, 5) is 25.0. The standard InChI is InChI=1S/C21H18Br2O4/c1-21(2,19(26)9-5-13-3-7-17(24)15(22)11-13)20(27)10-6-14-4-8-18(25)16(23)12-14/h3-12,24-25H,1-2H3/b9-5+,10-6+. The van der Waals surface area contributed by atoms with Gasteiger partial charge in [-0.25, -0.2) is 0 Å². The van der Waals surface area contributed by atoms with Crippen LogP contribution in [0.5, 0.6) is 11.5 Å². The molecule has 0 aliphatic heterocycles. The van der Waals surface area contributed by atoms with Gasteiger partial charge in [-0.3, -0.25) is 9.59 Å². The normalized spacial score (nSPS) is 12.0. The van der Waals surface area contributed by atoms with Crippen molar-refractivity contribution in [2.45, 2.75) is 13.8 Å². The topological polar surface area (TPSA) is 74.6 Å². The van der Waals surface area contributed by atoms with E-state index in [9.17, 15) is 19.8 Å². The molecule has 0 radical (unpaired) electrons. The summed E-state index contributed by atoms with van der Waals surface area (Å²) in [7, 11) is 0. The highest BCUT2D eigenvalue weighted by atomic mass is 79.9. The molecular formula is C21H18Br2O4. The Bertz CT molecular complexity index is 868. The number of rotatable bonds is 6. The van der Waals surface area contributed by atoms with E-state index in [0.29, 0.717) is 8.95 Å². The van der Waals surface area contributed by atoms with Crippen LogP contribution in [0.1, 0.15) is 25.0 Å². The lowest BCUT2D eigenvalue weighted by molar-refractivity contribution is -0.132. The van der Waals surface area contributed by atoms with Crippen LogP contribution in [-0.4, -0.2) is 21.8 Å². The molecule has 6 heteroatoms. The SMILES string of the molecule is CC(C)(C(=O)/C=C/c1ccc(O)c(Br)c1)C(=O)/C=C/c1ccc(O)c(Br)c1. The van der Waals surface area contributed by atoms with Crippen LogP contribution in [0.25, 0.3) is 12.2 Å². The number of phenolic OH excluding ortho intramolecular Hbond substituents is 2. The van der Waals surface area contributed by atoms with Crippen LogP contribution >= 0.6 is 31.9 Å². The van der Waals surface area contributed by atoms with Crippen LogP contribution in [0, 0.1) is 5.41 Å². The monoisotopic (exact) mass is 492 g/mol. The molecule has 0 fully saturated rings. The molecule has 0 amide bonds. The molecule has 0 aromatic heterocycles. The summed E-state index contributed by atoms with van der Waals surface area (Å²) < 4.78 is 1.05. The van der Waals surface area contributed by atoms with Crippen LogP contribution in [0.3, 0.4) is 0 Å². The van der Waals surface area contributed by atoms with Crippen molar-refractivity contribution in [2.75, 3.05) is 0 Å². The lowest BCUT2D eigenvalue weighted by atomic mass is 9.82. The van der Waals surface area contributed by atoms with Gasteiger partial charge in [0.1, 0.15) is 11.5 Å². The van der Waals surface area contributed by atoms with Gasteiger partial charge in [-0.2, -0.15) is 0 Å². The molecule has 0 bridgehead atoms. The molecule has 2 N–H and O–H groups in total. The maximum absolute atomic E-state index is 12.5. The van der Waals surface area contributed by atoms with E-state index in [1.54, 1.807) is 50.3 Å². The predicted octanol–water partition coefficient (Wildman–Crippen LogP) is 5.51. The van der Waals surface area contributed by atoms with Crippen LogP contribution in [-0.2, 0) is 9.59 Å². The molecule has 0 saturated carbocycles. The smallest absolute Gasteiger partial charge is 0.169 e. The van der Waals surface area contributed by atoms with Gasteiger partial charge in [-0.1, -0.05) is 24.3 Å². The third kappa shape index (κ3) is 5.40. The number of carbonyl (C=O) groups is 2. The van der Waals surface area contributed by atoms with Gasteiger partial charge in [-0.15, -0.1) is 0 Å². The number of hydrogen-bond acceptors (Lipinski definition) is 4. The molecule has 0 unspecified atom stereocenters. The minimum Gasteiger partial charge on any atom is -0.507 e. The van der Waals surface area contributed by atoms with Gasteiger partial charge in [0.2, 0.25) is 0 Å². The first-order valence-corrected chi connectivity index (χ1v) is 9.62. The lowest BCUT2D eigenvalue weighted by Gasteiger charge is -2.17. The fourth-order valence-electron chi connectivity index (χ4n) is 2.14. The Kier molecular flexibility index (Phi) is 6.78. The van der Waals surface area contributed by atoms with Crippen molar-refractivity contribution in [1.29, 1.82) is 0 Å². The number of benzene rings is 2. The summed E-state index contributed by atoms with van der Waals surface area (Å²) in [6.07, 6.45) is 5.92. The van der Waals surface area contributed by atoms with Crippen molar-refractivity contribution in [2.24, 2.45) is 5.41 Å². The molecule has 0 spiro atoms. The van der Waals surface area contributed by atoms with Crippen molar-refractivity contribution in [3.8, 4) is 11.5 Å². The number of carbonyl (C=O) groups excluding carboxylic acids is 2. The number of phenols is 2. The van der Waals surface area contributed by atoms with Crippen molar-refractivity contribution in [3.05, 3.63) is 68.6 Å². The van der Waals surface area contributed by atoms with E-state index in [-0.39, 0.29) is 23.1 Å². The maximum atomic E-state index is 12.5. The lowest BCUT2D eigenvalue weighted by Crippen LogP contribution is -2.30. The molecule has 2 rings (SSSR count). The first-order valence-electron chi connectivity index (χ1n) is 8.03. The fraction of sp³-hybridized carbons (Fsp3) is 0.143. The highest BCUT2D eigenvalue weighted by Crippen LogP contribution is 2.27. The van der Waals surface area contributed by atoms with Crippen molar-refractivity contribution < 1.29 is 19.8 Å². The minimum absolute atomic E-state index is 0.111. The molecule has 2 aromatic carbocycles. The molecule has 27 heavy (non-hydrogen) atoms. The van der Waals surface area contributed by atoms with Gasteiger partial charge in [-0.05, 0) is 93.3 Å². The first kappa shape index (κ1) is 21.1. The maximum Gasteiger partial charge on any atom is 0.169 e. The summed E-state index contributed by atoms with van der Waals surface area (Å²) in [6.45, 7) is 3.15. The molecule has 0 aliphatic carbocycles. The zero-order valence-electron chi connectivity index (χ0n) is 14.7. The van der Waals surface area contributed by atoms with E-state index in [1.165, 1.54) is 24.3 Å². The number of hydrogen-bond donors (Lipinski definition) is 2. The van der Waals surface area contributed by atoms with Crippen LogP contribution in [0.2, 0.25) is 0 Å². The number of halogens is 2. The van der Waals surface area contributed by atoms with E-state index in [4.69, 9.17) is 0 Å². The summed E-state index contributed by atoms with van der Waals surface area (Å²) in [5.74, 6) is -0.429. The molecule has 0 atom stereocenters. The molecule has 0 heterocycles. The Labute approximate surface area is 174 Å². The quantitative estimate of drug-likeness (QED) is 0.410. The predicted molar refractivity (Wildman–Crippen MR) is 113 cm³/mol. The highest BCUT2D eigenvalue weighted by molar-refractivity contribution is 9.10. The first-order chi connectivity index (χ1) is 12.6. The Morgan fingerprint density at radius 3 is 1.52 bits per heavy atom. The van der Waals surface area contributed by atoms with E-state index < -0.39 is 5.41 Å². The van der Waals surface area contributed by atoms with Crippen molar-refractivity contribution in [1.82, 2.24) is 0 Å². The molecule has 2 aromatic rings. The third-order valence-electron chi connectivity index (χ3n) is 4.03. The Morgan fingerprint density at radius 2 is 1.19 bits per heavy atom. The Balaban J connectivity index is 2.12. The average molecular weight is 494 g/mol. The van der Waals surface area contributed by atoms with Gasteiger partial charge in [0.05, 0.1) is 14.4 Å². The zero-order chi connectivity index (χ0) is 20.2. The zero-order valence-corrected chi connectivity index (χ0v) is 17.9. The van der Waals surface area contributed by atoms with Crippen molar-refractivity contribution >= 4 is 55.6 Å². The fourth-order valence-corrected chi connectivity index (χ4v) is 2.93. The van der Waals surface area contributed by atoms with Gasteiger partial charge in [0.25, 0.3) is 0 Å².